The summed E-state index contributed by atoms with van der Waals surface area (Å²) in [6, 6.07) is 10.3. The van der Waals surface area contributed by atoms with Crippen molar-refractivity contribution in [1.29, 1.82) is 0 Å². The number of nitrogens with one attached hydrogen (secondary N) is 2. The van der Waals surface area contributed by atoms with E-state index in [1.165, 1.54) is 5.56 Å². The molecular weight excluding hydrogens is 302 g/mol. The van der Waals surface area contributed by atoms with Crippen LogP contribution in [0.15, 0.2) is 30.3 Å². The highest BCUT2D eigenvalue weighted by atomic mass is 16.5. The van der Waals surface area contributed by atoms with E-state index >= 15 is 0 Å². The molecule has 0 saturated carbocycles. The van der Waals surface area contributed by atoms with Crippen molar-refractivity contribution in [2.24, 2.45) is 0 Å². The van der Waals surface area contributed by atoms with Crippen LogP contribution < -0.4 is 10.6 Å². The summed E-state index contributed by atoms with van der Waals surface area (Å²) in [5, 5.41) is 6.02. The molecule has 2 rings (SSSR count). The molecule has 5 nitrogen and oxygen atoms in total. The van der Waals surface area contributed by atoms with Gasteiger partial charge in [-0.2, -0.15) is 0 Å². The molecule has 0 radical (unpaired) electrons. The second-order valence-electron chi connectivity index (χ2n) is 6.94. The molecule has 5 heteroatoms. The molecule has 1 fully saturated rings. The van der Waals surface area contributed by atoms with Crippen LogP contribution in [0, 0.1) is 0 Å². The minimum absolute atomic E-state index is 0.00687. The van der Waals surface area contributed by atoms with Gasteiger partial charge in [0.1, 0.15) is 0 Å². The molecule has 1 aliphatic heterocycles. The van der Waals surface area contributed by atoms with Crippen molar-refractivity contribution in [2.45, 2.75) is 37.6 Å². The molecule has 1 heterocycles. The fourth-order valence-corrected chi connectivity index (χ4v) is 3.19. The lowest BCUT2D eigenvalue weighted by Crippen LogP contribution is -2.56. The lowest BCUT2D eigenvalue weighted by molar-refractivity contribution is -0.00571. The Morgan fingerprint density at radius 3 is 2.50 bits per heavy atom. The van der Waals surface area contributed by atoms with Crippen LogP contribution in [-0.2, 0) is 4.74 Å². The third kappa shape index (κ3) is 5.21. The van der Waals surface area contributed by atoms with Gasteiger partial charge in [0.2, 0.25) is 0 Å². The largest absolute Gasteiger partial charge is 0.381 e. The van der Waals surface area contributed by atoms with E-state index in [9.17, 15) is 4.79 Å². The number of urea groups is 1. The Morgan fingerprint density at radius 2 is 1.88 bits per heavy atom. The number of carbonyl (C=O) groups is 1. The van der Waals surface area contributed by atoms with Crippen molar-refractivity contribution in [2.75, 3.05) is 40.4 Å². The number of hydrogen-bond acceptors (Lipinski definition) is 3. The van der Waals surface area contributed by atoms with Crippen molar-refractivity contribution in [3.05, 3.63) is 35.9 Å². The first-order valence-corrected chi connectivity index (χ1v) is 8.85. The molecule has 1 atom stereocenters. The van der Waals surface area contributed by atoms with Crippen molar-refractivity contribution >= 4 is 6.03 Å². The number of likely N-dealkylation sites (N-methyl/N-ethyl adjacent to an activating group) is 1. The van der Waals surface area contributed by atoms with Crippen LogP contribution >= 0.6 is 0 Å². The second-order valence-corrected chi connectivity index (χ2v) is 6.94. The number of rotatable bonds is 7. The van der Waals surface area contributed by atoms with E-state index in [1.54, 1.807) is 0 Å². The quantitative estimate of drug-likeness (QED) is 0.806. The van der Waals surface area contributed by atoms with Gasteiger partial charge in [0.15, 0.2) is 0 Å². The highest BCUT2D eigenvalue weighted by Crippen LogP contribution is 2.25. The zero-order valence-corrected chi connectivity index (χ0v) is 15.2. The van der Waals surface area contributed by atoms with Gasteiger partial charge < -0.3 is 20.3 Å². The first kappa shape index (κ1) is 18.7. The van der Waals surface area contributed by atoms with E-state index < -0.39 is 0 Å². The van der Waals surface area contributed by atoms with E-state index in [-0.39, 0.29) is 11.6 Å². The summed E-state index contributed by atoms with van der Waals surface area (Å²) in [6.07, 6.45) is 2.83. The number of amides is 2. The van der Waals surface area contributed by atoms with Gasteiger partial charge in [-0.15, -0.1) is 0 Å². The van der Waals surface area contributed by atoms with Gasteiger partial charge in [-0.3, -0.25) is 0 Å². The molecule has 2 N–H and O–H groups in total. The van der Waals surface area contributed by atoms with Crippen molar-refractivity contribution in [1.82, 2.24) is 15.5 Å². The molecule has 0 aliphatic carbocycles. The minimum atomic E-state index is -0.0806. The third-order valence-corrected chi connectivity index (χ3v) is 5.18. The van der Waals surface area contributed by atoms with E-state index in [1.807, 2.05) is 6.07 Å². The Morgan fingerprint density at radius 1 is 1.21 bits per heavy atom. The number of benzene rings is 1. The van der Waals surface area contributed by atoms with E-state index in [0.717, 1.165) is 32.5 Å². The zero-order chi connectivity index (χ0) is 17.4. The molecular formula is C19H31N3O2. The van der Waals surface area contributed by atoms with Gasteiger partial charge in [-0.05, 0) is 44.8 Å². The first-order valence-electron chi connectivity index (χ1n) is 8.85. The SMILES string of the molecule is C[C@H](CCNC(=O)NCC1(N(C)C)CCOCC1)c1ccccc1. The van der Waals surface area contributed by atoms with Gasteiger partial charge in [-0.25, -0.2) is 4.79 Å². The fourth-order valence-electron chi connectivity index (χ4n) is 3.19. The lowest BCUT2D eigenvalue weighted by atomic mass is 9.88. The average molecular weight is 333 g/mol. The third-order valence-electron chi connectivity index (χ3n) is 5.18. The summed E-state index contributed by atoms with van der Waals surface area (Å²) in [7, 11) is 4.15. The maximum atomic E-state index is 12.1. The Bertz CT molecular complexity index is 499. The molecule has 2 amide bonds. The van der Waals surface area contributed by atoms with Gasteiger partial charge in [-0.1, -0.05) is 37.3 Å². The zero-order valence-electron chi connectivity index (χ0n) is 15.2. The van der Waals surface area contributed by atoms with Crippen molar-refractivity contribution in [3.63, 3.8) is 0 Å². The Kier molecular flexibility index (Phi) is 7.06. The monoisotopic (exact) mass is 333 g/mol. The summed E-state index contributed by atoms with van der Waals surface area (Å²) in [5.41, 5.74) is 1.32. The lowest BCUT2D eigenvalue weighted by Gasteiger charge is -2.42. The minimum Gasteiger partial charge on any atom is -0.381 e. The predicted molar refractivity (Wildman–Crippen MR) is 97.3 cm³/mol. The molecule has 0 spiro atoms. The van der Waals surface area contributed by atoms with E-state index in [2.05, 4.69) is 60.8 Å². The fraction of sp³-hybridized carbons (Fsp3) is 0.632. The Balaban J connectivity index is 1.71. The summed E-state index contributed by atoms with van der Waals surface area (Å²) in [6.45, 7) is 5.05. The van der Waals surface area contributed by atoms with Crippen LogP contribution in [0.25, 0.3) is 0 Å². The van der Waals surface area contributed by atoms with Crippen LogP contribution in [0.4, 0.5) is 4.79 Å². The van der Waals surface area contributed by atoms with Crippen LogP contribution in [-0.4, -0.2) is 56.9 Å². The van der Waals surface area contributed by atoms with Gasteiger partial charge in [0.25, 0.3) is 0 Å². The molecule has 134 valence electrons. The topological polar surface area (TPSA) is 53.6 Å². The van der Waals surface area contributed by atoms with Crippen molar-refractivity contribution in [3.8, 4) is 0 Å². The van der Waals surface area contributed by atoms with Crippen molar-refractivity contribution < 1.29 is 9.53 Å². The standard InChI is InChI=1S/C19H31N3O2/c1-16(17-7-5-4-6-8-17)9-12-20-18(23)21-15-19(22(2)3)10-13-24-14-11-19/h4-8,16H,9-15H2,1-3H3,(H2,20,21,23)/t16-/m1/s1. The summed E-state index contributed by atoms with van der Waals surface area (Å²) >= 11 is 0. The number of nitrogens with zero attached hydrogens (tertiary/aromatic N) is 1. The van der Waals surface area contributed by atoms with Gasteiger partial charge >= 0.3 is 6.03 Å². The second kappa shape index (κ2) is 9.04. The molecule has 24 heavy (non-hydrogen) atoms. The Labute approximate surface area is 145 Å². The van der Waals surface area contributed by atoms with Crippen LogP contribution in [0.5, 0.6) is 0 Å². The first-order chi connectivity index (χ1) is 11.5. The van der Waals surface area contributed by atoms with E-state index in [4.69, 9.17) is 4.74 Å². The summed E-state index contributed by atoms with van der Waals surface area (Å²) in [5.74, 6) is 0.440. The molecule has 0 aromatic heterocycles. The number of carbonyl (C=O) groups excluding carboxylic acids is 1. The normalized spacial score (nSPS) is 18.2. The van der Waals surface area contributed by atoms with Crippen LogP contribution in [0.3, 0.4) is 0 Å². The van der Waals surface area contributed by atoms with Crippen LogP contribution in [0.2, 0.25) is 0 Å². The number of ether oxygens (including phenoxy) is 1. The predicted octanol–water partition coefficient (Wildman–Crippen LogP) is 2.59. The molecule has 0 bridgehead atoms. The summed E-state index contributed by atoms with van der Waals surface area (Å²) in [4.78, 5) is 14.3. The smallest absolute Gasteiger partial charge is 0.314 e. The maximum Gasteiger partial charge on any atom is 0.314 e. The molecule has 1 aliphatic rings. The van der Waals surface area contributed by atoms with Gasteiger partial charge in [0, 0.05) is 31.8 Å². The van der Waals surface area contributed by atoms with E-state index in [0.29, 0.717) is 19.0 Å². The molecule has 1 aromatic carbocycles. The maximum absolute atomic E-state index is 12.1. The highest BCUT2D eigenvalue weighted by molar-refractivity contribution is 5.73. The summed E-state index contributed by atoms with van der Waals surface area (Å²) < 4.78 is 5.46. The molecule has 0 unspecified atom stereocenters. The Hall–Kier alpha value is -1.59. The van der Waals surface area contributed by atoms with Crippen LogP contribution in [0.1, 0.15) is 37.7 Å². The van der Waals surface area contributed by atoms with Gasteiger partial charge in [0.05, 0.1) is 0 Å². The molecule has 1 saturated heterocycles. The molecule has 1 aromatic rings. The highest BCUT2D eigenvalue weighted by Gasteiger charge is 2.34. The number of hydrogen-bond donors (Lipinski definition) is 2. The average Bonchev–Trinajstić information content (AvgIpc) is 2.61.